The Morgan fingerprint density at radius 3 is 2.71 bits per heavy atom. The first-order valence-electron chi connectivity index (χ1n) is 7.65. The Morgan fingerprint density at radius 1 is 1.25 bits per heavy atom. The van der Waals surface area contributed by atoms with Crippen molar-refractivity contribution in [2.24, 2.45) is 0 Å². The first-order valence-corrected chi connectivity index (χ1v) is 10.3. The van der Waals surface area contributed by atoms with Crippen molar-refractivity contribution in [1.29, 1.82) is 0 Å². The van der Waals surface area contributed by atoms with Gasteiger partial charge in [-0.25, -0.2) is 8.42 Å². The van der Waals surface area contributed by atoms with Crippen molar-refractivity contribution in [2.45, 2.75) is 12.6 Å². The van der Waals surface area contributed by atoms with Crippen LogP contribution < -0.4 is 0 Å². The smallest absolute Gasteiger partial charge is 0.324 e. The molecule has 0 spiro atoms. The summed E-state index contributed by atoms with van der Waals surface area (Å²) >= 11 is 1.66. The van der Waals surface area contributed by atoms with Crippen molar-refractivity contribution in [3.8, 4) is 10.4 Å². The second kappa shape index (κ2) is 7.04. The molecule has 1 aliphatic heterocycles. The Hall–Kier alpha value is -1.70. The monoisotopic (exact) mass is 365 g/mol. The number of hydrogen-bond donors (Lipinski definition) is 0. The Kier molecular flexibility index (Phi) is 5.03. The summed E-state index contributed by atoms with van der Waals surface area (Å²) in [4.78, 5) is 16.1. The van der Waals surface area contributed by atoms with Crippen molar-refractivity contribution in [2.75, 3.05) is 25.2 Å². The Bertz CT molecular complexity index is 814. The van der Waals surface area contributed by atoms with Crippen molar-refractivity contribution in [3.63, 3.8) is 0 Å². The third-order valence-electron chi connectivity index (χ3n) is 4.09. The van der Waals surface area contributed by atoms with Crippen molar-refractivity contribution >= 4 is 27.1 Å². The molecule has 1 aromatic carbocycles. The molecule has 5 nitrogen and oxygen atoms in total. The molecule has 0 amide bonds. The molecule has 2 aromatic rings. The Labute approximate surface area is 145 Å². The van der Waals surface area contributed by atoms with E-state index >= 15 is 0 Å². The van der Waals surface area contributed by atoms with Crippen molar-refractivity contribution < 1.29 is 17.9 Å². The number of benzene rings is 1. The van der Waals surface area contributed by atoms with Crippen molar-refractivity contribution in [1.82, 2.24) is 4.90 Å². The lowest BCUT2D eigenvalue weighted by Gasteiger charge is -2.33. The molecular weight excluding hydrogens is 346 g/mol. The van der Waals surface area contributed by atoms with Gasteiger partial charge in [-0.05, 0) is 17.7 Å². The number of methoxy groups -OCH3 is 1. The summed E-state index contributed by atoms with van der Waals surface area (Å²) in [6.07, 6.45) is 0. The second-order valence-corrected chi connectivity index (χ2v) is 9.15. The molecule has 1 unspecified atom stereocenters. The average Bonchev–Trinajstić information content (AvgIpc) is 3.05. The molecule has 0 aliphatic carbocycles. The first kappa shape index (κ1) is 17.1. The van der Waals surface area contributed by atoms with Gasteiger partial charge in [-0.2, -0.15) is 0 Å². The zero-order chi connectivity index (χ0) is 17.2. The fourth-order valence-electron chi connectivity index (χ4n) is 2.80. The lowest BCUT2D eigenvalue weighted by molar-refractivity contribution is -0.146. The van der Waals surface area contributed by atoms with E-state index in [9.17, 15) is 13.2 Å². The summed E-state index contributed by atoms with van der Waals surface area (Å²) in [5, 5.41) is 0. The van der Waals surface area contributed by atoms with Gasteiger partial charge in [0.2, 0.25) is 0 Å². The molecule has 128 valence electrons. The highest BCUT2D eigenvalue weighted by Crippen LogP contribution is 2.29. The molecule has 24 heavy (non-hydrogen) atoms. The van der Waals surface area contributed by atoms with Crippen LogP contribution in [0.4, 0.5) is 0 Å². The Morgan fingerprint density at radius 2 is 2.00 bits per heavy atom. The quantitative estimate of drug-likeness (QED) is 0.777. The molecule has 1 saturated heterocycles. The van der Waals surface area contributed by atoms with E-state index in [4.69, 9.17) is 4.74 Å². The van der Waals surface area contributed by atoms with E-state index < -0.39 is 21.8 Å². The number of ether oxygens (including phenoxy) is 1. The van der Waals surface area contributed by atoms with Crippen LogP contribution in [-0.4, -0.2) is 50.5 Å². The average molecular weight is 365 g/mol. The van der Waals surface area contributed by atoms with E-state index in [1.165, 1.54) is 7.11 Å². The summed E-state index contributed by atoms with van der Waals surface area (Å²) in [7, 11) is -1.90. The molecule has 0 radical (unpaired) electrons. The normalized spacial score (nSPS) is 20.6. The molecule has 2 heterocycles. The summed E-state index contributed by atoms with van der Waals surface area (Å²) in [5.74, 6) is -0.577. The molecule has 1 aromatic heterocycles. The van der Waals surface area contributed by atoms with Crippen LogP contribution in [0.15, 0.2) is 42.5 Å². The van der Waals surface area contributed by atoms with Gasteiger partial charge in [-0.1, -0.05) is 30.3 Å². The van der Waals surface area contributed by atoms with Gasteiger partial charge in [-0.15, -0.1) is 11.3 Å². The first-order chi connectivity index (χ1) is 11.5. The summed E-state index contributed by atoms with van der Waals surface area (Å²) in [5.41, 5.74) is 1.15. The third-order valence-corrected chi connectivity index (χ3v) is 6.84. The predicted octanol–water partition coefficient (Wildman–Crippen LogP) is 2.19. The largest absolute Gasteiger partial charge is 0.468 e. The number of hydrogen-bond acceptors (Lipinski definition) is 6. The van der Waals surface area contributed by atoms with Gasteiger partial charge in [0, 0.05) is 22.8 Å². The topological polar surface area (TPSA) is 63.7 Å². The predicted molar refractivity (Wildman–Crippen MR) is 94.6 cm³/mol. The van der Waals surface area contributed by atoms with E-state index in [2.05, 4.69) is 18.2 Å². The molecule has 1 fully saturated rings. The van der Waals surface area contributed by atoms with E-state index in [0.29, 0.717) is 13.1 Å². The Balaban J connectivity index is 1.77. The van der Waals surface area contributed by atoms with Crippen LogP contribution in [0.1, 0.15) is 4.88 Å². The number of sulfone groups is 1. The maximum Gasteiger partial charge on any atom is 0.324 e. The van der Waals surface area contributed by atoms with E-state index in [1.54, 1.807) is 11.3 Å². The zero-order valence-electron chi connectivity index (χ0n) is 13.3. The molecule has 1 aliphatic rings. The molecule has 3 rings (SSSR count). The number of nitrogens with zero attached hydrogens (tertiary/aromatic N) is 1. The van der Waals surface area contributed by atoms with Crippen LogP contribution in [0.2, 0.25) is 0 Å². The molecule has 7 heteroatoms. The maximum absolute atomic E-state index is 12.0. The van der Waals surface area contributed by atoms with Gasteiger partial charge in [0.15, 0.2) is 9.84 Å². The van der Waals surface area contributed by atoms with Crippen molar-refractivity contribution in [3.05, 3.63) is 47.3 Å². The van der Waals surface area contributed by atoms with Crippen LogP contribution >= 0.6 is 11.3 Å². The lowest BCUT2D eigenvalue weighted by atomic mass is 10.2. The number of carbonyl (C=O) groups excluding carboxylic acids is 1. The van der Waals surface area contributed by atoms with E-state index in [-0.39, 0.29) is 11.5 Å². The number of thiophene rings is 1. The van der Waals surface area contributed by atoms with Gasteiger partial charge in [-0.3, -0.25) is 9.69 Å². The second-order valence-electron chi connectivity index (χ2n) is 5.76. The minimum atomic E-state index is -3.19. The van der Waals surface area contributed by atoms with Crippen LogP contribution in [0.5, 0.6) is 0 Å². The minimum absolute atomic E-state index is 0.0808. The standard InChI is InChI=1S/C17H19NO4S2/c1-22-17(19)15-12-24(20,21)10-9-18(15)11-14-7-8-16(23-14)13-5-3-2-4-6-13/h2-8,15H,9-12H2,1H3. The fraction of sp³-hybridized carbons (Fsp3) is 0.353. The SMILES string of the molecule is COC(=O)C1CS(=O)(=O)CCN1Cc1ccc(-c2ccccc2)s1. The van der Waals surface area contributed by atoms with Gasteiger partial charge in [0.25, 0.3) is 0 Å². The zero-order valence-corrected chi connectivity index (χ0v) is 15.0. The fourth-order valence-corrected chi connectivity index (χ4v) is 5.35. The van der Waals surface area contributed by atoms with Crippen LogP contribution in [0.25, 0.3) is 10.4 Å². The maximum atomic E-state index is 12.0. The summed E-state index contributed by atoms with van der Waals surface area (Å²) in [6, 6.07) is 13.5. The molecule has 0 N–H and O–H groups in total. The molecule has 0 saturated carbocycles. The molecule has 1 atom stereocenters. The van der Waals surface area contributed by atoms with E-state index in [1.807, 2.05) is 29.2 Å². The minimum Gasteiger partial charge on any atom is -0.468 e. The van der Waals surface area contributed by atoms with Gasteiger partial charge in [0.05, 0.1) is 18.6 Å². The number of rotatable bonds is 4. The summed E-state index contributed by atoms with van der Waals surface area (Å²) < 4.78 is 28.5. The third kappa shape index (κ3) is 3.85. The van der Waals surface area contributed by atoms with Gasteiger partial charge >= 0.3 is 5.97 Å². The number of esters is 1. The van der Waals surface area contributed by atoms with Crippen LogP contribution in [-0.2, 0) is 25.9 Å². The molecule has 0 bridgehead atoms. The highest BCUT2D eigenvalue weighted by molar-refractivity contribution is 7.91. The van der Waals surface area contributed by atoms with Gasteiger partial charge in [0.1, 0.15) is 6.04 Å². The van der Waals surface area contributed by atoms with Crippen LogP contribution in [0, 0.1) is 0 Å². The number of carbonyl (C=O) groups is 1. The highest BCUT2D eigenvalue weighted by Gasteiger charge is 2.36. The van der Waals surface area contributed by atoms with E-state index in [0.717, 1.165) is 15.3 Å². The summed E-state index contributed by atoms with van der Waals surface area (Å²) in [6.45, 7) is 0.896. The highest BCUT2D eigenvalue weighted by atomic mass is 32.2. The lowest BCUT2D eigenvalue weighted by Crippen LogP contribution is -2.52. The van der Waals surface area contributed by atoms with Crippen LogP contribution in [0.3, 0.4) is 0 Å². The van der Waals surface area contributed by atoms with Gasteiger partial charge < -0.3 is 4.74 Å². The molecular formula is C17H19NO4S2.